The van der Waals surface area contributed by atoms with Gasteiger partial charge in [0.05, 0.1) is 10.7 Å². The topological polar surface area (TPSA) is 29.1 Å². The Morgan fingerprint density at radius 3 is 2.35 bits per heavy atom. The van der Waals surface area contributed by atoms with Crippen LogP contribution >= 0.6 is 11.8 Å². The zero-order chi connectivity index (χ0) is 17.6. The summed E-state index contributed by atoms with van der Waals surface area (Å²) in [6, 6.07) is 19.2. The van der Waals surface area contributed by atoms with E-state index in [1.807, 2.05) is 17.8 Å². The summed E-state index contributed by atoms with van der Waals surface area (Å²) in [6.07, 6.45) is 5.36. The van der Waals surface area contributed by atoms with Gasteiger partial charge >= 0.3 is 0 Å². The molecule has 0 bridgehead atoms. The van der Waals surface area contributed by atoms with Crippen molar-refractivity contribution in [3.8, 4) is 0 Å². The van der Waals surface area contributed by atoms with Crippen LogP contribution in [0.4, 0.5) is 0 Å². The molecule has 1 atom stereocenters. The Bertz CT molecular complexity index is 821. The fraction of sp³-hybridized carbons (Fsp3) is 0.435. The monoisotopic (exact) mass is 363 g/mol. The van der Waals surface area contributed by atoms with Crippen LogP contribution in [0, 0.1) is 5.41 Å². The lowest BCUT2D eigenvalue weighted by Crippen LogP contribution is -2.44. The van der Waals surface area contributed by atoms with Gasteiger partial charge in [0.1, 0.15) is 0 Å². The van der Waals surface area contributed by atoms with Crippen LogP contribution in [0.15, 0.2) is 59.5 Å². The number of hydrogen-bond acceptors (Lipinski definition) is 3. The molecular formula is C23H25NOS. The highest BCUT2D eigenvalue weighted by Crippen LogP contribution is 2.61. The Labute approximate surface area is 159 Å². The molecule has 2 aromatic rings. The molecule has 0 radical (unpaired) electrons. The van der Waals surface area contributed by atoms with Gasteiger partial charge in [0.2, 0.25) is 0 Å². The predicted octanol–water partition coefficient (Wildman–Crippen LogP) is 4.59. The maximum Gasteiger partial charge on any atom is 0.157 e. The number of benzene rings is 2. The zero-order valence-corrected chi connectivity index (χ0v) is 15.9. The zero-order valence-electron chi connectivity index (χ0n) is 15.0. The smallest absolute Gasteiger partial charge is 0.157 e. The van der Waals surface area contributed by atoms with Gasteiger partial charge in [0, 0.05) is 4.90 Å². The van der Waals surface area contributed by atoms with Crippen LogP contribution in [-0.4, -0.2) is 23.6 Å². The second-order valence-corrected chi connectivity index (χ2v) is 9.65. The molecule has 1 spiro atoms. The molecule has 3 aliphatic rings. The summed E-state index contributed by atoms with van der Waals surface area (Å²) in [5, 5.41) is 3.50. The van der Waals surface area contributed by atoms with E-state index in [-0.39, 0.29) is 16.1 Å². The molecule has 2 nitrogen and oxygen atoms in total. The van der Waals surface area contributed by atoms with E-state index in [9.17, 15) is 4.79 Å². The van der Waals surface area contributed by atoms with Crippen molar-refractivity contribution in [1.29, 1.82) is 0 Å². The van der Waals surface area contributed by atoms with E-state index in [4.69, 9.17) is 0 Å². The molecule has 0 amide bonds. The summed E-state index contributed by atoms with van der Waals surface area (Å²) < 4.78 is -0.193. The maximum absolute atomic E-state index is 13.9. The Morgan fingerprint density at radius 1 is 0.923 bits per heavy atom. The first-order valence-corrected chi connectivity index (χ1v) is 10.6. The summed E-state index contributed by atoms with van der Waals surface area (Å²) in [4.78, 5) is 15.2. The Morgan fingerprint density at radius 2 is 1.62 bits per heavy atom. The van der Waals surface area contributed by atoms with Gasteiger partial charge in [-0.25, -0.2) is 0 Å². The van der Waals surface area contributed by atoms with Crippen LogP contribution in [-0.2, 0) is 11.2 Å². The fourth-order valence-corrected chi connectivity index (χ4v) is 6.36. The van der Waals surface area contributed by atoms with Crippen molar-refractivity contribution in [2.45, 2.75) is 47.7 Å². The third-order valence-electron chi connectivity index (χ3n) is 6.59. The number of piperidine rings is 1. The second kappa shape index (κ2) is 6.24. The third-order valence-corrected chi connectivity index (χ3v) is 8.10. The molecule has 2 aromatic carbocycles. The van der Waals surface area contributed by atoms with Crippen LogP contribution in [0.5, 0.6) is 0 Å². The molecule has 1 heterocycles. The number of fused-ring (bicyclic) bond motifs is 1. The van der Waals surface area contributed by atoms with Crippen molar-refractivity contribution in [2.75, 3.05) is 13.1 Å². The number of carbonyl (C=O) groups excluding carboxylic acids is 1. The van der Waals surface area contributed by atoms with Crippen LogP contribution < -0.4 is 5.32 Å². The summed E-state index contributed by atoms with van der Waals surface area (Å²) in [5.74, 6) is 0.581. The molecular weight excluding hydrogens is 338 g/mol. The molecule has 1 N–H and O–H groups in total. The molecule has 1 saturated heterocycles. The first kappa shape index (κ1) is 16.6. The molecule has 2 fully saturated rings. The number of ketones is 1. The normalized spacial score (nSPS) is 25.0. The molecule has 1 aliphatic heterocycles. The lowest BCUT2D eigenvalue weighted by atomic mass is 9.67. The molecule has 1 unspecified atom stereocenters. The van der Waals surface area contributed by atoms with Crippen molar-refractivity contribution < 1.29 is 4.79 Å². The average Bonchev–Trinajstić information content (AvgIpc) is 3.39. The SMILES string of the molecule is O=C(C1c2ccccc2CC12CCNCC2)C1(Sc2ccccc2)CC1. The molecule has 5 rings (SSSR count). The van der Waals surface area contributed by atoms with E-state index >= 15 is 0 Å². The predicted molar refractivity (Wildman–Crippen MR) is 107 cm³/mol. The molecule has 134 valence electrons. The Kier molecular flexibility index (Phi) is 3.98. The molecule has 26 heavy (non-hydrogen) atoms. The van der Waals surface area contributed by atoms with E-state index in [1.165, 1.54) is 16.0 Å². The molecule has 1 saturated carbocycles. The highest BCUT2D eigenvalue weighted by Gasteiger charge is 2.59. The highest BCUT2D eigenvalue weighted by molar-refractivity contribution is 8.01. The summed E-state index contributed by atoms with van der Waals surface area (Å²) in [5.41, 5.74) is 2.87. The largest absolute Gasteiger partial charge is 0.317 e. The average molecular weight is 364 g/mol. The molecule has 3 heteroatoms. The van der Waals surface area contributed by atoms with Gasteiger partial charge in [-0.15, -0.1) is 11.8 Å². The fourth-order valence-electron chi connectivity index (χ4n) is 5.09. The van der Waals surface area contributed by atoms with Crippen LogP contribution in [0.2, 0.25) is 0 Å². The van der Waals surface area contributed by atoms with Crippen LogP contribution in [0.1, 0.15) is 42.7 Å². The van der Waals surface area contributed by atoms with Crippen molar-refractivity contribution in [1.82, 2.24) is 5.32 Å². The minimum Gasteiger partial charge on any atom is -0.317 e. The lowest BCUT2D eigenvalue weighted by molar-refractivity contribution is -0.123. The minimum atomic E-state index is -0.193. The Balaban J connectivity index is 1.51. The first-order valence-electron chi connectivity index (χ1n) is 9.79. The van der Waals surface area contributed by atoms with Gasteiger partial charge < -0.3 is 5.32 Å². The lowest BCUT2D eigenvalue weighted by Gasteiger charge is -2.40. The number of Topliss-reactive ketones (excluding diaryl/α,β-unsaturated/α-hetero) is 1. The van der Waals surface area contributed by atoms with Crippen LogP contribution in [0.25, 0.3) is 0 Å². The standard InChI is InChI=1S/C23H25NOS/c25-21(23(10-11-23)26-18-7-2-1-3-8-18)20-19-9-5-4-6-17(19)16-22(20)12-14-24-15-13-22/h1-9,20,24H,10-16H2. The van der Waals surface area contributed by atoms with Gasteiger partial charge in [0.15, 0.2) is 5.78 Å². The van der Waals surface area contributed by atoms with Gasteiger partial charge in [-0.05, 0) is 73.9 Å². The van der Waals surface area contributed by atoms with Crippen molar-refractivity contribution in [3.63, 3.8) is 0 Å². The van der Waals surface area contributed by atoms with Gasteiger partial charge in [-0.3, -0.25) is 4.79 Å². The summed E-state index contributed by atoms with van der Waals surface area (Å²) >= 11 is 1.81. The van der Waals surface area contributed by atoms with Crippen molar-refractivity contribution >= 4 is 17.5 Å². The number of hydrogen-bond donors (Lipinski definition) is 1. The summed E-state index contributed by atoms with van der Waals surface area (Å²) in [7, 11) is 0. The Hall–Kier alpha value is -1.58. The maximum atomic E-state index is 13.9. The van der Waals surface area contributed by atoms with Gasteiger partial charge in [-0.2, -0.15) is 0 Å². The van der Waals surface area contributed by atoms with Crippen molar-refractivity contribution in [2.24, 2.45) is 5.41 Å². The van der Waals surface area contributed by atoms with Gasteiger partial charge in [0.25, 0.3) is 0 Å². The number of carbonyl (C=O) groups is 1. The van der Waals surface area contributed by atoms with E-state index in [2.05, 4.69) is 53.8 Å². The third kappa shape index (κ3) is 2.64. The first-order chi connectivity index (χ1) is 12.7. The number of thioether (sulfide) groups is 1. The molecule has 2 aliphatic carbocycles. The summed E-state index contributed by atoms with van der Waals surface area (Å²) in [6.45, 7) is 2.08. The molecule has 0 aromatic heterocycles. The van der Waals surface area contributed by atoms with E-state index in [0.29, 0.717) is 5.78 Å². The quantitative estimate of drug-likeness (QED) is 0.861. The highest BCUT2D eigenvalue weighted by atomic mass is 32.2. The van der Waals surface area contributed by atoms with Crippen LogP contribution in [0.3, 0.4) is 0 Å². The van der Waals surface area contributed by atoms with E-state index < -0.39 is 0 Å². The number of rotatable bonds is 4. The van der Waals surface area contributed by atoms with Crippen molar-refractivity contribution in [3.05, 3.63) is 65.7 Å². The number of nitrogens with one attached hydrogen (secondary N) is 1. The second-order valence-electron chi connectivity index (χ2n) is 8.19. The van der Waals surface area contributed by atoms with E-state index in [1.54, 1.807) is 0 Å². The van der Waals surface area contributed by atoms with Gasteiger partial charge in [-0.1, -0.05) is 42.5 Å². The van der Waals surface area contributed by atoms with E-state index in [0.717, 1.165) is 45.2 Å². The minimum absolute atomic E-state index is 0.0829.